The Bertz CT molecular complexity index is 733. The predicted molar refractivity (Wildman–Crippen MR) is 90.1 cm³/mol. The number of nitro benzene ring substituents is 1. The van der Waals surface area contributed by atoms with Gasteiger partial charge in [-0.3, -0.25) is 14.9 Å². The first-order valence-electron chi connectivity index (χ1n) is 7.66. The van der Waals surface area contributed by atoms with Gasteiger partial charge in [-0.1, -0.05) is 13.3 Å². The van der Waals surface area contributed by atoms with Crippen LogP contribution in [0.3, 0.4) is 0 Å². The van der Waals surface area contributed by atoms with Gasteiger partial charge in [0.1, 0.15) is 10.6 Å². The summed E-state index contributed by atoms with van der Waals surface area (Å²) in [4.78, 5) is 20.7. The molecule has 0 saturated heterocycles. The molecule has 0 saturated carbocycles. The molecule has 2 atom stereocenters. The minimum absolute atomic E-state index is 0.117. The second-order valence-corrected chi connectivity index (χ2v) is 7.47. The van der Waals surface area contributed by atoms with Crippen molar-refractivity contribution in [3.8, 4) is 5.75 Å². The largest absolute Gasteiger partial charge is 0.495 e. The van der Waals surface area contributed by atoms with Crippen LogP contribution in [-0.2, 0) is 14.8 Å². The number of methoxy groups -OCH3 is 1. The molecule has 0 heterocycles. The average molecular weight is 374 g/mol. The number of rotatable bonds is 10. The number of hydrogen-bond acceptors (Lipinski definition) is 6. The van der Waals surface area contributed by atoms with Gasteiger partial charge < -0.3 is 9.84 Å². The minimum Gasteiger partial charge on any atom is -0.495 e. The maximum Gasteiger partial charge on any atom is 0.306 e. The summed E-state index contributed by atoms with van der Waals surface area (Å²) < 4.78 is 32.3. The molecule has 0 radical (unpaired) electrons. The molecule has 140 valence electrons. The third-order valence-corrected chi connectivity index (χ3v) is 5.33. The maximum absolute atomic E-state index is 12.5. The second kappa shape index (κ2) is 8.77. The molecule has 10 heteroatoms. The Balaban J connectivity index is 2.81. The van der Waals surface area contributed by atoms with Crippen molar-refractivity contribution in [2.45, 2.75) is 44.0 Å². The van der Waals surface area contributed by atoms with E-state index >= 15 is 0 Å². The lowest BCUT2D eigenvalue weighted by atomic mass is 10.0. The van der Waals surface area contributed by atoms with Gasteiger partial charge in [-0.2, -0.15) is 0 Å². The highest BCUT2D eigenvalue weighted by Gasteiger charge is 2.24. The van der Waals surface area contributed by atoms with Gasteiger partial charge >= 0.3 is 5.97 Å². The normalized spacial score (nSPS) is 13.9. The molecule has 2 N–H and O–H groups in total. The fraction of sp³-hybridized carbons (Fsp3) is 0.533. The SMILES string of the molecule is COc1cc([N+](=O)[O-])ccc1S(=O)(=O)N[C@H](C)CCC[C@H](C)C(=O)O. The molecule has 0 spiro atoms. The lowest BCUT2D eigenvalue weighted by Crippen LogP contribution is -2.33. The van der Waals surface area contributed by atoms with Gasteiger partial charge in [0.05, 0.1) is 24.0 Å². The Labute approximate surface area is 146 Å². The van der Waals surface area contributed by atoms with Crippen LogP contribution in [0.15, 0.2) is 23.1 Å². The van der Waals surface area contributed by atoms with Crippen LogP contribution >= 0.6 is 0 Å². The summed E-state index contributed by atoms with van der Waals surface area (Å²) in [5.41, 5.74) is -0.272. The van der Waals surface area contributed by atoms with E-state index in [2.05, 4.69) is 4.72 Å². The zero-order valence-electron chi connectivity index (χ0n) is 14.3. The molecule has 0 aliphatic carbocycles. The number of benzene rings is 1. The van der Waals surface area contributed by atoms with Crippen molar-refractivity contribution in [1.29, 1.82) is 0 Å². The number of nitrogens with zero attached hydrogens (tertiary/aromatic N) is 1. The van der Waals surface area contributed by atoms with Gasteiger partial charge in [0.2, 0.25) is 10.0 Å². The van der Waals surface area contributed by atoms with Crippen molar-refractivity contribution >= 4 is 21.7 Å². The number of sulfonamides is 1. The molecule has 0 aliphatic heterocycles. The standard InChI is InChI=1S/C15H22N2O7S/c1-10(15(18)19)5-4-6-11(2)16-25(22,23)14-8-7-12(17(20)21)9-13(14)24-3/h7-11,16H,4-6H2,1-3H3,(H,18,19)/t10-,11+/m0/s1. The van der Waals surface area contributed by atoms with E-state index in [-0.39, 0.29) is 16.3 Å². The monoisotopic (exact) mass is 374 g/mol. The Morgan fingerprint density at radius 3 is 2.52 bits per heavy atom. The van der Waals surface area contributed by atoms with Crippen molar-refractivity contribution in [3.63, 3.8) is 0 Å². The number of ether oxygens (including phenoxy) is 1. The highest BCUT2D eigenvalue weighted by atomic mass is 32.2. The van der Waals surface area contributed by atoms with Gasteiger partial charge in [0.15, 0.2) is 0 Å². The smallest absolute Gasteiger partial charge is 0.306 e. The third-order valence-electron chi connectivity index (χ3n) is 3.70. The first kappa shape index (κ1) is 20.8. The molecule has 0 fully saturated rings. The first-order valence-corrected chi connectivity index (χ1v) is 9.14. The number of carboxylic acid groups (broad SMARTS) is 1. The number of aliphatic carboxylic acids is 1. The van der Waals surface area contributed by atoms with Crippen molar-refractivity contribution in [3.05, 3.63) is 28.3 Å². The van der Waals surface area contributed by atoms with Crippen LogP contribution < -0.4 is 9.46 Å². The van der Waals surface area contributed by atoms with E-state index in [1.165, 1.54) is 7.11 Å². The Morgan fingerprint density at radius 1 is 1.36 bits per heavy atom. The molecule has 0 aromatic heterocycles. The van der Waals surface area contributed by atoms with Gasteiger partial charge in [-0.25, -0.2) is 13.1 Å². The molecule has 0 unspecified atom stereocenters. The molecule has 0 bridgehead atoms. The summed E-state index contributed by atoms with van der Waals surface area (Å²) in [5, 5.41) is 19.6. The number of nitro groups is 1. The summed E-state index contributed by atoms with van der Waals surface area (Å²) in [6.07, 6.45) is 1.46. The fourth-order valence-electron chi connectivity index (χ4n) is 2.23. The van der Waals surface area contributed by atoms with E-state index < -0.39 is 32.9 Å². The predicted octanol–water partition coefficient (Wildman–Crippen LogP) is 2.16. The number of nitrogens with one attached hydrogen (secondary N) is 1. The van der Waals surface area contributed by atoms with E-state index in [0.717, 1.165) is 18.2 Å². The van der Waals surface area contributed by atoms with Crippen LogP contribution in [0.2, 0.25) is 0 Å². The fourth-order valence-corrected chi connectivity index (χ4v) is 3.66. The molecule has 0 amide bonds. The summed E-state index contributed by atoms with van der Waals surface area (Å²) in [6, 6.07) is 2.84. The molecule has 9 nitrogen and oxygen atoms in total. The molecule has 1 aromatic carbocycles. The van der Waals surface area contributed by atoms with Gasteiger partial charge in [-0.15, -0.1) is 0 Å². The van der Waals surface area contributed by atoms with Crippen LogP contribution in [0.25, 0.3) is 0 Å². The molecule has 25 heavy (non-hydrogen) atoms. The summed E-state index contributed by atoms with van der Waals surface area (Å²) in [7, 11) is -2.69. The zero-order valence-corrected chi connectivity index (χ0v) is 15.1. The topological polar surface area (TPSA) is 136 Å². The van der Waals surface area contributed by atoms with Crippen LogP contribution in [0.1, 0.15) is 33.1 Å². The number of hydrogen-bond donors (Lipinski definition) is 2. The maximum atomic E-state index is 12.5. The number of carboxylic acids is 1. The summed E-state index contributed by atoms with van der Waals surface area (Å²) in [6.45, 7) is 3.26. The third kappa shape index (κ3) is 5.98. The minimum atomic E-state index is -3.93. The average Bonchev–Trinajstić information content (AvgIpc) is 2.53. The van der Waals surface area contributed by atoms with E-state index in [1.54, 1.807) is 13.8 Å². The highest BCUT2D eigenvalue weighted by Crippen LogP contribution is 2.28. The van der Waals surface area contributed by atoms with Crippen LogP contribution in [0.5, 0.6) is 5.75 Å². The van der Waals surface area contributed by atoms with Gasteiger partial charge in [0, 0.05) is 12.1 Å². The van der Waals surface area contributed by atoms with E-state index in [0.29, 0.717) is 19.3 Å². The van der Waals surface area contributed by atoms with E-state index in [1.807, 2.05) is 0 Å². The Morgan fingerprint density at radius 2 is 2.00 bits per heavy atom. The zero-order chi connectivity index (χ0) is 19.2. The summed E-state index contributed by atoms with van der Waals surface area (Å²) >= 11 is 0. The van der Waals surface area contributed by atoms with Crippen molar-refractivity contribution < 1.29 is 28.0 Å². The van der Waals surface area contributed by atoms with E-state index in [9.17, 15) is 23.3 Å². The van der Waals surface area contributed by atoms with Crippen molar-refractivity contribution in [1.82, 2.24) is 4.72 Å². The highest BCUT2D eigenvalue weighted by molar-refractivity contribution is 7.89. The number of non-ortho nitro benzene ring substituents is 1. The lowest BCUT2D eigenvalue weighted by molar-refractivity contribution is -0.385. The Hall–Kier alpha value is -2.20. The van der Waals surface area contributed by atoms with Crippen molar-refractivity contribution in [2.75, 3.05) is 7.11 Å². The molecular weight excluding hydrogens is 352 g/mol. The summed E-state index contributed by atoms with van der Waals surface area (Å²) in [5.74, 6) is -1.49. The van der Waals surface area contributed by atoms with Crippen LogP contribution in [-0.4, -0.2) is 37.6 Å². The lowest BCUT2D eigenvalue weighted by Gasteiger charge is -2.16. The van der Waals surface area contributed by atoms with Gasteiger partial charge in [0.25, 0.3) is 5.69 Å². The van der Waals surface area contributed by atoms with E-state index in [4.69, 9.17) is 9.84 Å². The first-order chi connectivity index (χ1) is 11.6. The van der Waals surface area contributed by atoms with Crippen LogP contribution in [0.4, 0.5) is 5.69 Å². The Kier molecular flexibility index (Phi) is 7.31. The molecule has 1 rings (SSSR count). The molecular formula is C15H22N2O7S. The van der Waals surface area contributed by atoms with Crippen LogP contribution in [0, 0.1) is 16.0 Å². The molecule has 1 aromatic rings. The second-order valence-electron chi connectivity index (χ2n) is 5.78. The van der Waals surface area contributed by atoms with Gasteiger partial charge in [-0.05, 0) is 25.8 Å². The van der Waals surface area contributed by atoms with Crippen molar-refractivity contribution in [2.24, 2.45) is 5.92 Å². The quantitative estimate of drug-likeness (QED) is 0.473. The number of carbonyl (C=O) groups is 1. The molecule has 0 aliphatic rings.